The van der Waals surface area contributed by atoms with Crippen LogP contribution in [0.5, 0.6) is 0 Å². The number of nitriles is 1. The fourth-order valence-electron chi connectivity index (χ4n) is 2.06. The van der Waals surface area contributed by atoms with Gasteiger partial charge in [-0.3, -0.25) is 0 Å². The number of nitrogens with zero attached hydrogens (tertiary/aromatic N) is 1. The number of aromatic amines is 1. The maximum atomic E-state index is 9.17. The molecule has 3 aromatic rings. The zero-order valence-electron chi connectivity index (χ0n) is 9.44. The summed E-state index contributed by atoms with van der Waals surface area (Å²) >= 11 is 3.44. The predicted molar refractivity (Wildman–Crippen MR) is 76.1 cm³/mol. The van der Waals surface area contributed by atoms with E-state index in [1.54, 1.807) is 0 Å². The molecule has 0 spiro atoms. The van der Waals surface area contributed by atoms with E-state index >= 15 is 0 Å². The topological polar surface area (TPSA) is 39.6 Å². The van der Waals surface area contributed by atoms with Crippen LogP contribution in [-0.2, 0) is 0 Å². The van der Waals surface area contributed by atoms with Crippen molar-refractivity contribution in [2.75, 3.05) is 0 Å². The van der Waals surface area contributed by atoms with Crippen molar-refractivity contribution in [1.29, 1.82) is 5.26 Å². The molecule has 3 rings (SSSR count). The Kier molecular flexibility index (Phi) is 2.66. The van der Waals surface area contributed by atoms with E-state index in [0.717, 1.165) is 26.6 Å². The first-order valence-corrected chi connectivity index (χ1v) is 6.35. The number of hydrogen-bond acceptors (Lipinski definition) is 1. The Bertz CT molecular complexity index is 733. The van der Waals surface area contributed by atoms with Crippen LogP contribution >= 0.6 is 15.9 Å². The highest BCUT2D eigenvalue weighted by Crippen LogP contribution is 2.29. The molecule has 0 fully saturated rings. The summed E-state index contributed by atoms with van der Waals surface area (Å²) in [5.41, 5.74) is 3.64. The number of halogens is 1. The Morgan fingerprint density at radius 1 is 1.06 bits per heavy atom. The number of aromatic nitrogens is 1. The van der Waals surface area contributed by atoms with Gasteiger partial charge in [-0.15, -0.1) is 0 Å². The van der Waals surface area contributed by atoms with Crippen molar-refractivity contribution < 1.29 is 0 Å². The molecule has 0 radical (unpaired) electrons. The molecular weight excluding hydrogens is 288 g/mol. The van der Waals surface area contributed by atoms with E-state index in [1.165, 1.54) is 0 Å². The minimum absolute atomic E-state index is 0.671. The smallest absolute Gasteiger partial charge is 0.0998 e. The van der Waals surface area contributed by atoms with Gasteiger partial charge < -0.3 is 4.98 Å². The van der Waals surface area contributed by atoms with Crippen LogP contribution in [0.4, 0.5) is 0 Å². The maximum Gasteiger partial charge on any atom is 0.0998 e. The van der Waals surface area contributed by atoms with Gasteiger partial charge in [-0.05, 0) is 30.3 Å². The van der Waals surface area contributed by atoms with Crippen molar-refractivity contribution in [2.24, 2.45) is 0 Å². The Balaban J connectivity index is 2.26. The van der Waals surface area contributed by atoms with E-state index in [4.69, 9.17) is 5.26 Å². The van der Waals surface area contributed by atoms with Crippen LogP contribution in [0.1, 0.15) is 5.56 Å². The lowest BCUT2D eigenvalue weighted by atomic mass is 10.1. The van der Waals surface area contributed by atoms with Crippen LogP contribution in [-0.4, -0.2) is 4.98 Å². The van der Waals surface area contributed by atoms with Gasteiger partial charge in [-0.2, -0.15) is 5.26 Å². The quantitative estimate of drug-likeness (QED) is 0.707. The summed E-state index contributed by atoms with van der Waals surface area (Å²) in [6, 6.07) is 18.0. The fourth-order valence-corrected chi connectivity index (χ4v) is 2.42. The first kappa shape index (κ1) is 11.1. The molecule has 0 aliphatic rings. The molecule has 1 N–H and O–H groups in total. The monoisotopic (exact) mass is 296 g/mol. The van der Waals surface area contributed by atoms with Crippen LogP contribution < -0.4 is 0 Å². The minimum Gasteiger partial charge on any atom is -0.354 e. The van der Waals surface area contributed by atoms with E-state index in [9.17, 15) is 0 Å². The molecule has 86 valence electrons. The number of fused-ring (bicyclic) bond motifs is 1. The molecule has 0 unspecified atom stereocenters. The Hall–Kier alpha value is -2.05. The SMILES string of the molecule is N#Cc1ccc(Br)cc1-c1cc2ccccc2[nH]1. The molecule has 0 saturated heterocycles. The molecule has 0 aliphatic heterocycles. The van der Waals surface area contributed by atoms with Crippen molar-refractivity contribution in [1.82, 2.24) is 4.98 Å². The second-order valence-electron chi connectivity index (χ2n) is 4.07. The van der Waals surface area contributed by atoms with E-state index < -0.39 is 0 Å². The molecule has 1 aromatic heterocycles. The first-order valence-electron chi connectivity index (χ1n) is 5.56. The Morgan fingerprint density at radius 3 is 2.67 bits per heavy atom. The summed E-state index contributed by atoms with van der Waals surface area (Å²) in [7, 11) is 0. The van der Waals surface area contributed by atoms with Crippen molar-refractivity contribution in [3.8, 4) is 17.3 Å². The highest BCUT2D eigenvalue weighted by atomic mass is 79.9. The van der Waals surface area contributed by atoms with E-state index in [-0.39, 0.29) is 0 Å². The van der Waals surface area contributed by atoms with E-state index in [1.807, 2.05) is 36.4 Å². The molecular formula is C15H9BrN2. The molecule has 0 saturated carbocycles. The largest absolute Gasteiger partial charge is 0.354 e. The number of para-hydroxylation sites is 1. The van der Waals surface area contributed by atoms with Crippen molar-refractivity contribution in [3.63, 3.8) is 0 Å². The van der Waals surface area contributed by atoms with Crippen LogP contribution in [0, 0.1) is 11.3 Å². The second kappa shape index (κ2) is 4.32. The molecule has 0 bridgehead atoms. The summed E-state index contributed by atoms with van der Waals surface area (Å²) < 4.78 is 0.968. The van der Waals surface area contributed by atoms with Gasteiger partial charge >= 0.3 is 0 Å². The third-order valence-electron chi connectivity index (χ3n) is 2.92. The molecule has 0 atom stereocenters. The number of rotatable bonds is 1. The van der Waals surface area contributed by atoms with Gasteiger partial charge in [0.1, 0.15) is 0 Å². The van der Waals surface area contributed by atoms with Gasteiger partial charge in [0.05, 0.1) is 11.6 Å². The van der Waals surface area contributed by atoms with Crippen molar-refractivity contribution in [2.45, 2.75) is 0 Å². The fraction of sp³-hybridized carbons (Fsp3) is 0. The van der Waals surface area contributed by atoms with E-state index in [0.29, 0.717) is 5.56 Å². The molecule has 18 heavy (non-hydrogen) atoms. The average molecular weight is 297 g/mol. The minimum atomic E-state index is 0.671. The van der Waals surface area contributed by atoms with Gasteiger partial charge in [0, 0.05) is 26.6 Å². The lowest BCUT2D eigenvalue weighted by Crippen LogP contribution is -1.84. The van der Waals surface area contributed by atoms with Crippen LogP contribution in [0.15, 0.2) is 53.0 Å². The highest BCUT2D eigenvalue weighted by molar-refractivity contribution is 9.10. The van der Waals surface area contributed by atoms with Crippen molar-refractivity contribution in [3.05, 3.63) is 58.6 Å². The Labute approximate surface area is 113 Å². The van der Waals surface area contributed by atoms with Crippen LogP contribution in [0.3, 0.4) is 0 Å². The summed E-state index contributed by atoms with van der Waals surface area (Å²) in [6.07, 6.45) is 0. The number of benzene rings is 2. The molecule has 1 heterocycles. The lowest BCUT2D eigenvalue weighted by molar-refractivity contribution is 1.41. The molecule has 3 heteroatoms. The van der Waals surface area contributed by atoms with Gasteiger partial charge in [-0.1, -0.05) is 34.1 Å². The maximum absolute atomic E-state index is 9.17. The summed E-state index contributed by atoms with van der Waals surface area (Å²) in [6.45, 7) is 0. The summed E-state index contributed by atoms with van der Waals surface area (Å²) in [4.78, 5) is 3.34. The summed E-state index contributed by atoms with van der Waals surface area (Å²) in [5.74, 6) is 0. The number of H-pyrrole nitrogens is 1. The molecule has 2 aromatic carbocycles. The predicted octanol–water partition coefficient (Wildman–Crippen LogP) is 4.47. The highest BCUT2D eigenvalue weighted by Gasteiger charge is 2.08. The average Bonchev–Trinajstić information content (AvgIpc) is 2.82. The molecule has 0 aliphatic carbocycles. The zero-order chi connectivity index (χ0) is 12.5. The van der Waals surface area contributed by atoms with Gasteiger partial charge in [0.2, 0.25) is 0 Å². The van der Waals surface area contributed by atoms with Gasteiger partial charge in [-0.25, -0.2) is 0 Å². The second-order valence-corrected chi connectivity index (χ2v) is 4.99. The third-order valence-corrected chi connectivity index (χ3v) is 3.42. The normalized spacial score (nSPS) is 10.4. The van der Waals surface area contributed by atoms with Crippen LogP contribution in [0.25, 0.3) is 22.2 Å². The molecule has 0 amide bonds. The van der Waals surface area contributed by atoms with Gasteiger partial charge in [0.15, 0.2) is 0 Å². The van der Waals surface area contributed by atoms with Gasteiger partial charge in [0.25, 0.3) is 0 Å². The molecule has 2 nitrogen and oxygen atoms in total. The lowest BCUT2D eigenvalue weighted by Gasteiger charge is -2.01. The van der Waals surface area contributed by atoms with Crippen molar-refractivity contribution >= 4 is 26.8 Å². The van der Waals surface area contributed by atoms with Crippen LogP contribution in [0.2, 0.25) is 0 Å². The standard InChI is InChI=1S/C15H9BrN2/c16-12-6-5-11(9-17)13(8-12)15-7-10-3-1-2-4-14(10)18-15/h1-8,18H. The number of nitrogens with one attached hydrogen (secondary N) is 1. The number of hydrogen-bond donors (Lipinski definition) is 1. The van der Waals surface area contributed by atoms with E-state index in [2.05, 4.69) is 39.1 Å². The first-order chi connectivity index (χ1) is 8.78. The third kappa shape index (κ3) is 1.81. The zero-order valence-corrected chi connectivity index (χ0v) is 11.0. The Morgan fingerprint density at radius 2 is 1.89 bits per heavy atom. The summed E-state index contributed by atoms with van der Waals surface area (Å²) in [5, 5.41) is 10.3.